The molecule has 0 radical (unpaired) electrons. The zero-order valence-corrected chi connectivity index (χ0v) is 14.7. The van der Waals surface area contributed by atoms with Crippen LogP contribution < -0.4 is 10.6 Å². The van der Waals surface area contributed by atoms with Gasteiger partial charge < -0.3 is 20.3 Å². The molecule has 0 bridgehead atoms. The van der Waals surface area contributed by atoms with Crippen LogP contribution in [0.4, 0.5) is 5.69 Å². The van der Waals surface area contributed by atoms with E-state index in [1.54, 1.807) is 0 Å². The monoisotopic (exact) mass is 333 g/mol. The van der Waals surface area contributed by atoms with E-state index in [1.165, 1.54) is 0 Å². The normalized spacial score (nSPS) is 20.5. The first-order valence-corrected chi connectivity index (χ1v) is 8.57. The highest BCUT2D eigenvalue weighted by Crippen LogP contribution is 2.13. The van der Waals surface area contributed by atoms with E-state index in [0.717, 1.165) is 24.3 Å². The summed E-state index contributed by atoms with van der Waals surface area (Å²) < 4.78 is 5.49. The summed E-state index contributed by atoms with van der Waals surface area (Å²) in [6.45, 7) is 8.58. The molecule has 6 heteroatoms. The van der Waals surface area contributed by atoms with E-state index in [2.05, 4.69) is 10.6 Å². The van der Waals surface area contributed by atoms with Crippen molar-refractivity contribution in [2.75, 3.05) is 31.6 Å². The first-order valence-electron chi connectivity index (χ1n) is 8.57. The van der Waals surface area contributed by atoms with Crippen molar-refractivity contribution in [1.29, 1.82) is 0 Å². The second-order valence-corrected chi connectivity index (χ2v) is 5.94. The minimum Gasteiger partial charge on any atom is -0.375 e. The Morgan fingerprint density at radius 3 is 2.50 bits per heavy atom. The summed E-state index contributed by atoms with van der Waals surface area (Å²) in [5.41, 5.74) is 1.66. The summed E-state index contributed by atoms with van der Waals surface area (Å²) in [5, 5.41) is 6.06. The van der Waals surface area contributed by atoms with Crippen LogP contribution in [0.2, 0.25) is 0 Å². The molecule has 2 amide bonds. The van der Waals surface area contributed by atoms with Crippen LogP contribution in [0.1, 0.15) is 26.3 Å². The Morgan fingerprint density at radius 1 is 1.25 bits per heavy atom. The SMILES string of the molecule is CCN(CC)C(=O)Cc1ccc(NC(=O)[C@H]2NCCO[C@@H]2C)cc1. The van der Waals surface area contributed by atoms with Gasteiger partial charge in [0.1, 0.15) is 6.04 Å². The summed E-state index contributed by atoms with van der Waals surface area (Å²) in [6.07, 6.45) is 0.232. The zero-order chi connectivity index (χ0) is 17.5. The largest absolute Gasteiger partial charge is 0.375 e. The molecular weight excluding hydrogens is 306 g/mol. The molecule has 1 aromatic rings. The molecule has 6 nitrogen and oxygen atoms in total. The number of anilines is 1. The molecule has 24 heavy (non-hydrogen) atoms. The van der Waals surface area contributed by atoms with Gasteiger partial charge in [0.15, 0.2) is 0 Å². The molecule has 0 unspecified atom stereocenters. The summed E-state index contributed by atoms with van der Waals surface area (Å²) >= 11 is 0. The highest BCUT2D eigenvalue weighted by atomic mass is 16.5. The van der Waals surface area contributed by atoms with Crippen LogP contribution in [0, 0.1) is 0 Å². The van der Waals surface area contributed by atoms with Crippen LogP contribution >= 0.6 is 0 Å². The molecule has 1 aliphatic rings. The predicted molar refractivity (Wildman–Crippen MR) is 93.9 cm³/mol. The fraction of sp³-hybridized carbons (Fsp3) is 0.556. The summed E-state index contributed by atoms with van der Waals surface area (Å²) in [4.78, 5) is 26.2. The van der Waals surface area contributed by atoms with Gasteiger partial charge in [0.25, 0.3) is 0 Å². The Morgan fingerprint density at radius 2 is 1.92 bits per heavy atom. The van der Waals surface area contributed by atoms with Crippen molar-refractivity contribution in [3.8, 4) is 0 Å². The number of rotatable bonds is 6. The summed E-state index contributed by atoms with van der Waals surface area (Å²) in [6, 6.07) is 7.08. The quantitative estimate of drug-likeness (QED) is 0.826. The van der Waals surface area contributed by atoms with Gasteiger partial charge in [-0.1, -0.05) is 12.1 Å². The van der Waals surface area contributed by atoms with Crippen LogP contribution in [-0.4, -0.2) is 55.1 Å². The van der Waals surface area contributed by atoms with E-state index in [0.29, 0.717) is 19.6 Å². The minimum atomic E-state index is -0.345. The van der Waals surface area contributed by atoms with Gasteiger partial charge in [-0.2, -0.15) is 0 Å². The van der Waals surface area contributed by atoms with Gasteiger partial charge in [0.05, 0.1) is 19.1 Å². The van der Waals surface area contributed by atoms with Crippen molar-refractivity contribution in [3.63, 3.8) is 0 Å². The lowest BCUT2D eigenvalue weighted by Crippen LogP contribution is -2.53. The number of morpholine rings is 1. The van der Waals surface area contributed by atoms with E-state index < -0.39 is 0 Å². The van der Waals surface area contributed by atoms with Gasteiger partial charge in [-0.05, 0) is 38.5 Å². The van der Waals surface area contributed by atoms with Gasteiger partial charge in [0, 0.05) is 25.3 Å². The fourth-order valence-electron chi connectivity index (χ4n) is 2.82. The number of benzene rings is 1. The minimum absolute atomic E-state index is 0.103. The molecular formula is C18H27N3O3. The van der Waals surface area contributed by atoms with Crippen molar-refractivity contribution < 1.29 is 14.3 Å². The molecule has 2 N–H and O–H groups in total. The topological polar surface area (TPSA) is 70.7 Å². The molecule has 1 heterocycles. The fourth-order valence-corrected chi connectivity index (χ4v) is 2.82. The van der Waals surface area contributed by atoms with Crippen LogP contribution in [0.5, 0.6) is 0 Å². The molecule has 1 fully saturated rings. The molecule has 2 atom stereocenters. The van der Waals surface area contributed by atoms with Crippen LogP contribution in [0.3, 0.4) is 0 Å². The van der Waals surface area contributed by atoms with E-state index in [9.17, 15) is 9.59 Å². The van der Waals surface area contributed by atoms with E-state index in [4.69, 9.17) is 4.74 Å². The van der Waals surface area contributed by atoms with Gasteiger partial charge in [0.2, 0.25) is 11.8 Å². The maximum Gasteiger partial charge on any atom is 0.244 e. The van der Waals surface area contributed by atoms with Crippen molar-refractivity contribution >= 4 is 17.5 Å². The number of nitrogens with one attached hydrogen (secondary N) is 2. The Hall–Kier alpha value is -1.92. The molecule has 132 valence electrons. The second kappa shape index (κ2) is 8.80. The number of hydrogen-bond acceptors (Lipinski definition) is 4. The molecule has 0 aliphatic carbocycles. The Bertz CT molecular complexity index is 555. The first kappa shape index (κ1) is 18.4. The van der Waals surface area contributed by atoms with E-state index in [1.807, 2.05) is 49.9 Å². The van der Waals surface area contributed by atoms with E-state index >= 15 is 0 Å². The molecule has 1 saturated heterocycles. The second-order valence-electron chi connectivity index (χ2n) is 5.94. The number of likely N-dealkylation sites (N-methyl/N-ethyl adjacent to an activating group) is 1. The average Bonchev–Trinajstić information content (AvgIpc) is 2.58. The molecule has 0 saturated carbocycles. The van der Waals surface area contributed by atoms with Gasteiger partial charge in [-0.25, -0.2) is 0 Å². The first-order chi connectivity index (χ1) is 11.5. The standard InChI is InChI=1S/C18H27N3O3/c1-4-21(5-2)16(22)12-14-6-8-15(9-7-14)20-18(23)17-13(3)24-11-10-19-17/h6-9,13,17,19H,4-5,10-12H2,1-3H3,(H,20,23)/t13-,17+/m1/s1. The number of amides is 2. The molecule has 0 spiro atoms. The van der Waals surface area contributed by atoms with Gasteiger partial charge in [-0.3, -0.25) is 9.59 Å². The maximum atomic E-state index is 12.3. The zero-order valence-electron chi connectivity index (χ0n) is 14.7. The van der Waals surface area contributed by atoms with Crippen molar-refractivity contribution in [2.45, 2.75) is 39.3 Å². The number of nitrogens with zero attached hydrogens (tertiary/aromatic N) is 1. The lowest BCUT2D eigenvalue weighted by atomic mass is 10.1. The van der Waals surface area contributed by atoms with Crippen LogP contribution in [0.25, 0.3) is 0 Å². The van der Waals surface area contributed by atoms with Crippen molar-refractivity contribution in [1.82, 2.24) is 10.2 Å². The number of hydrogen-bond donors (Lipinski definition) is 2. The average molecular weight is 333 g/mol. The predicted octanol–water partition coefficient (Wildman–Crippen LogP) is 1.41. The van der Waals surface area contributed by atoms with Crippen LogP contribution in [-0.2, 0) is 20.7 Å². The highest BCUT2D eigenvalue weighted by molar-refractivity contribution is 5.95. The smallest absolute Gasteiger partial charge is 0.244 e. The highest BCUT2D eigenvalue weighted by Gasteiger charge is 2.28. The lowest BCUT2D eigenvalue weighted by molar-refractivity contribution is -0.130. The number of carbonyl (C=O) groups is 2. The maximum absolute atomic E-state index is 12.3. The molecule has 2 rings (SSSR count). The van der Waals surface area contributed by atoms with Crippen LogP contribution in [0.15, 0.2) is 24.3 Å². The van der Waals surface area contributed by atoms with Crippen molar-refractivity contribution in [3.05, 3.63) is 29.8 Å². The summed E-state index contributed by atoms with van der Waals surface area (Å²) in [7, 11) is 0. The number of ether oxygens (including phenoxy) is 1. The third-order valence-corrected chi connectivity index (χ3v) is 4.29. The Labute approximate surface area is 143 Å². The third-order valence-electron chi connectivity index (χ3n) is 4.29. The molecule has 1 aromatic carbocycles. The Kier molecular flexibility index (Phi) is 6.75. The van der Waals surface area contributed by atoms with Gasteiger partial charge >= 0.3 is 0 Å². The summed E-state index contributed by atoms with van der Waals surface area (Å²) in [5.74, 6) is 0.0170. The van der Waals surface area contributed by atoms with Crippen molar-refractivity contribution in [2.24, 2.45) is 0 Å². The Balaban J connectivity index is 1.92. The molecule has 0 aromatic heterocycles. The molecule has 1 aliphatic heterocycles. The number of carbonyl (C=O) groups excluding carboxylic acids is 2. The lowest BCUT2D eigenvalue weighted by Gasteiger charge is -2.29. The van der Waals surface area contributed by atoms with E-state index in [-0.39, 0.29) is 24.0 Å². The third kappa shape index (κ3) is 4.79. The van der Waals surface area contributed by atoms with Gasteiger partial charge in [-0.15, -0.1) is 0 Å².